The number of halogens is 1. The molecule has 1 aliphatic carbocycles. The topological polar surface area (TPSA) is 52.7 Å². The lowest BCUT2D eigenvalue weighted by Gasteiger charge is -2.43. The number of hydrogen-bond acceptors (Lipinski definition) is 3. The molecule has 3 rings (SSSR count). The van der Waals surface area contributed by atoms with Gasteiger partial charge in [0, 0.05) is 38.6 Å². The maximum Gasteiger partial charge on any atom is 0.230 e. The third kappa shape index (κ3) is 3.82. The largest absolute Gasteiger partial charge is 0.343 e. The number of rotatable bonds is 4. The fourth-order valence-electron chi connectivity index (χ4n) is 5.11. The van der Waals surface area contributed by atoms with E-state index in [0.717, 1.165) is 58.5 Å². The lowest BCUT2D eigenvalue weighted by Crippen LogP contribution is -2.53. The average Bonchev–Trinajstić information content (AvgIpc) is 3.07. The number of nitrogens with zero attached hydrogens (tertiary/aromatic N) is 2. The highest BCUT2D eigenvalue weighted by atomic mass is 35.5. The molecule has 0 radical (unpaired) electrons. The van der Waals surface area contributed by atoms with Gasteiger partial charge in [-0.25, -0.2) is 0 Å². The number of carbonyl (C=O) groups excluding carboxylic acids is 2. The van der Waals surface area contributed by atoms with Crippen LogP contribution < -0.4 is 5.32 Å². The molecule has 6 heteroatoms. The van der Waals surface area contributed by atoms with E-state index in [2.05, 4.69) is 10.2 Å². The molecule has 0 unspecified atom stereocenters. The quantitative estimate of drug-likeness (QED) is 0.824. The average molecular weight is 372 g/mol. The molecule has 2 amide bonds. The monoisotopic (exact) mass is 371 g/mol. The van der Waals surface area contributed by atoms with E-state index in [-0.39, 0.29) is 29.6 Å². The van der Waals surface area contributed by atoms with E-state index in [1.54, 1.807) is 0 Å². The van der Waals surface area contributed by atoms with Crippen molar-refractivity contribution in [3.05, 3.63) is 0 Å². The Hall–Kier alpha value is -0.810. The van der Waals surface area contributed by atoms with Gasteiger partial charge < -0.3 is 15.1 Å². The van der Waals surface area contributed by atoms with Crippen molar-refractivity contribution in [1.82, 2.24) is 15.1 Å². The van der Waals surface area contributed by atoms with Crippen molar-refractivity contribution in [1.29, 1.82) is 0 Å². The summed E-state index contributed by atoms with van der Waals surface area (Å²) in [7, 11) is 0. The first-order chi connectivity index (χ1) is 11.6. The van der Waals surface area contributed by atoms with E-state index in [0.29, 0.717) is 11.8 Å². The molecule has 0 spiro atoms. The molecule has 5 nitrogen and oxygen atoms in total. The van der Waals surface area contributed by atoms with Crippen LogP contribution in [0.25, 0.3) is 0 Å². The number of amides is 2. The Morgan fingerprint density at radius 2 is 1.80 bits per heavy atom. The molecule has 1 saturated carbocycles. The van der Waals surface area contributed by atoms with E-state index >= 15 is 0 Å². The van der Waals surface area contributed by atoms with Crippen LogP contribution in [0, 0.1) is 17.3 Å². The number of carbonyl (C=O) groups is 2. The number of nitrogens with one attached hydrogen (secondary N) is 1. The Balaban J connectivity index is 0.00000225. The molecule has 2 aliphatic heterocycles. The van der Waals surface area contributed by atoms with E-state index in [1.165, 1.54) is 19.3 Å². The maximum atomic E-state index is 13.3. The number of hydrogen-bond donors (Lipinski definition) is 1. The minimum Gasteiger partial charge on any atom is -0.343 e. The summed E-state index contributed by atoms with van der Waals surface area (Å²) >= 11 is 0. The van der Waals surface area contributed by atoms with E-state index in [1.807, 2.05) is 18.7 Å². The van der Waals surface area contributed by atoms with Gasteiger partial charge in [0.25, 0.3) is 0 Å². The highest BCUT2D eigenvalue weighted by Gasteiger charge is 2.51. The van der Waals surface area contributed by atoms with Gasteiger partial charge in [0.05, 0.1) is 5.41 Å². The maximum absolute atomic E-state index is 13.3. The molecular weight excluding hydrogens is 338 g/mol. The van der Waals surface area contributed by atoms with Gasteiger partial charge in [-0.3, -0.25) is 9.59 Å². The van der Waals surface area contributed by atoms with Crippen molar-refractivity contribution in [3.63, 3.8) is 0 Å². The fraction of sp³-hybridized carbons (Fsp3) is 0.895. The summed E-state index contributed by atoms with van der Waals surface area (Å²) in [4.78, 5) is 29.8. The summed E-state index contributed by atoms with van der Waals surface area (Å²) in [6, 6.07) is 0. The molecule has 2 saturated heterocycles. The normalized spacial score (nSPS) is 29.7. The molecule has 1 N–H and O–H groups in total. The zero-order valence-electron chi connectivity index (χ0n) is 15.8. The van der Waals surface area contributed by atoms with Crippen molar-refractivity contribution < 1.29 is 9.59 Å². The van der Waals surface area contributed by atoms with Crippen molar-refractivity contribution >= 4 is 24.2 Å². The Bertz CT molecular complexity index is 475. The smallest absolute Gasteiger partial charge is 0.230 e. The van der Waals surface area contributed by atoms with Crippen LogP contribution in [0.4, 0.5) is 0 Å². The van der Waals surface area contributed by atoms with E-state index in [4.69, 9.17) is 0 Å². The summed E-state index contributed by atoms with van der Waals surface area (Å²) in [6.07, 6.45) is 6.34. The summed E-state index contributed by atoms with van der Waals surface area (Å²) in [5.41, 5.74) is -0.145. The molecule has 144 valence electrons. The third-order valence-corrected chi connectivity index (χ3v) is 6.67. The van der Waals surface area contributed by atoms with Gasteiger partial charge in [-0.05, 0) is 52.0 Å². The molecule has 2 heterocycles. The van der Waals surface area contributed by atoms with Crippen LogP contribution in [0.1, 0.15) is 52.4 Å². The highest BCUT2D eigenvalue weighted by molar-refractivity contribution is 5.85. The molecule has 0 bridgehead atoms. The van der Waals surface area contributed by atoms with Crippen LogP contribution in [-0.2, 0) is 9.59 Å². The minimum atomic E-state index is -0.145. The van der Waals surface area contributed by atoms with Crippen LogP contribution in [0.3, 0.4) is 0 Å². The van der Waals surface area contributed by atoms with Gasteiger partial charge in [0.15, 0.2) is 0 Å². The summed E-state index contributed by atoms with van der Waals surface area (Å²) < 4.78 is 0. The Morgan fingerprint density at radius 1 is 1.12 bits per heavy atom. The standard InChI is InChI=1S/C19H33N3O2.ClH/c1-3-21(4-2)17(23)15-8-11-22(12-9-15)18(24)19-10-6-5-7-16(19)13-20-14-19;/h15-16,20H,3-14H2,1-2H3;1H/t16-,19+;/m0./s1. The summed E-state index contributed by atoms with van der Waals surface area (Å²) in [5.74, 6) is 1.28. The van der Waals surface area contributed by atoms with Gasteiger partial charge >= 0.3 is 0 Å². The predicted molar refractivity (Wildman–Crippen MR) is 102 cm³/mol. The van der Waals surface area contributed by atoms with Gasteiger partial charge in [-0.1, -0.05) is 12.8 Å². The zero-order chi connectivity index (χ0) is 17.2. The first kappa shape index (κ1) is 20.5. The Kier molecular flexibility index (Phi) is 7.15. The first-order valence-corrected chi connectivity index (χ1v) is 9.91. The molecule has 3 fully saturated rings. The van der Waals surface area contributed by atoms with Crippen LogP contribution in [-0.4, -0.2) is 60.9 Å². The van der Waals surface area contributed by atoms with Gasteiger partial charge in [-0.15, -0.1) is 12.4 Å². The van der Waals surface area contributed by atoms with Crippen molar-refractivity contribution in [2.75, 3.05) is 39.3 Å². The molecule has 0 aromatic heterocycles. The van der Waals surface area contributed by atoms with Gasteiger partial charge in [-0.2, -0.15) is 0 Å². The van der Waals surface area contributed by atoms with Crippen LogP contribution in [0.2, 0.25) is 0 Å². The molecule has 3 aliphatic rings. The predicted octanol–water partition coefficient (Wildman–Crippen LogP) is 2.30. The van der Waals surface area contributed by atoms with Gasteiger partial charge in [0.1, 0.15) is 0 Å². The Labute approximate surface area is 158 Å². The number of piperidine rings is 1. The second kappa shape index (κ2) is 8.72. The molecule has 0 aromatic rings. The van der Waals surface area contributed by atoms with Crippen molar-refractivity contribution in [2.45, 2.75) is 52.4 Å². The van der Waals surface area contributed by atoms with Crippen LogP contribution in [0.5, 0.6) is 0 Å². The first-order valence-electron chi connectivity index (χ1n) is 9.91. The lowest BCUT2D eigenvalue weighted by molar-refractivity contribution is -0.149. The number of fused-ring (bicyclic) bond motifs is 1. The third-order valence-electron chi connectivity index (χ3n) is 6.67. The van der Waals surface area contributed by atoms with Crippen LogP contribution >= 0.6 is 12.4 Å². The highest BCUT2D eigenvalue weighted by Crippen LogP contribution is 2.45. The fourth-order valence-corrected chi connectivity index (χ4v) is 5.11. The van der Waals surface area contributed by atoms with Crippen molar-refractivity contribution in [2.24, 2.45) is 17.3 Å². The zero-order valence-corrected chi connectivity index (χ0v) is 16.6. The van der Waals surface area contributed by atoms with E-state index < -0.39 is 0 Å². The lowest BCUT2D eigenvalue weighted by atomic mass is 9.67. The number of likely N-dealkylation sites (tertiary alicyclic amines) is 1. The van der Waals surface area contributed by atoms with Crippen molar-refractivity contribution in [3.8, 4) is 0 Å². The Morgan fingerprint density at radius 3 is 2.44 bits per heavy atom. The molecule has 0 aromatic carbocycles. The second-order valence-electron chi connectivity index (χ2n) is 7.81. The minimum absolute atomic E-state index is 0. The SMILES string of the molecule is CCN(CC)C(=O)C1CCN(C(=O)[C@@]23CCCC[C@H]2CNC3)CC1.Cl. The molecular formula is C19H34ClN3O2. The van der Waals surface area contributed by atoms with Crippen LogP contribution in [0.15, 0.2) is 0 Å². The second-order valence-corrected chi connectivity index (χ2v) is 7.81. The molecule has 2 atom stereocenters. The van der Waals surface area contributed by atoms with Gasteiger partial charge in [0.2, 0.25) is 11.8 Å². The summed E-state index contributed by atoms with van der Waals surface area (Å²) in [6.45, 7) is 9.01. The van der Waals surface area contributed by atoms with E-state index in [9.17, 15) is 9.59 Å². The molecule has 25 heavy (non-hydrogen) atoms. The summed E-state index contributed by atoms with van der Waals surface area (Å²) in [5, 5.41) is 3.47.